The maximum atomic E-state index is 12.8. The van der Waals surface area contributed by atoms with Gasteiger partial charge in [-0.3, -0.25) is 19.6 Å². The van der Waals surface area contributed by atoms with Crippen LogP contribution in [0.2, 0.25) is 0 Å². The Hall–Kier alpha value is -4.04. The van der Waals surface area contributed by atoms with Crippen LogP contribution in [0, 0.1) is 0 Å². The van der Waals surface area contributed by atoms with Crippen LogP contribution in [0.4, 0.5) is 0 Å². The van der Waals surface area contributed by atoms with E-state index in [1.54, 1.807) is 12.4 Å². The number of carbonyl (C=O) groups excluding carboxylic acids is 1. The molecule has 0 unspecified atom stereocenters. The first-order valence-corrected chi connectivity index (χ1v) is 9.87. The molecule has 0 bridgehead atoms. The zero-order valence-electron chi connectivity index (χ0n) is 16.8. The monoisotopic (exact) mass is 412 g/mol. The lowest BCUT2D eigenvalue weighted by Gasteiger charge is -2.15. The maximum absolute atomic E-state index is 12.8. The Bertz CT molecular complexity index is 1380. The fourth-order valence-corrected chi connectivity index (χ4v) is 3.75. The van der Waals surface area contributed by atoms with Gasteiger partial charge in [0.2, 0.25) is 5.82 Å². The Morgan fingerprint density at radius 2 is 1.81 bits per heavy atom. The van der Waals surface area contributed by atoms with Gasteiger partial charge in [0.1, 0.15) is 0 Å². The first-order chi connectivity index (χ1) is 15.1. The molecule has 0 fully saturated rings. The number of amides is 1. The number of imidazole rings is 1. The number of hydrogen-bond acceptors (Lipinski definition) is 5. The van der Waals surface area contributed by atoms with Gasteiger partial charge in [0.25, 0.3) is 5.91 Å². The highest BCUT2D eigenvalue weighted by atomic mass is 16.3. The minimum absolute atomic E-state index is 0.0779. The molecule has 0 aliphatic carbocycles. The molecule has 5 aromatic rings. The Morgan fingerprint density at radius 1 is 1.10 bits per heavy atom. The molecule has 3 N–H and O–H groups in total. The van der Waals surface area contributed by atoms with Crippen molar-refractivity contribution in [2.75, 3.05) is 6.61 Å². The summed E-state index contributed by atoms with van der Waals surface area (Å²) in [5.41, 5.74) is 4.98. The average Bonchev–Trinajstić information content (AvgIpc) is 3.38. The molecule has 0 aliphatic rings. The van der Waals surface area contributed by atoms with E-state index in [-0.39, 0.29) is 12.4 Å². The smallest absolute Gasteiger partial charge is 0.289 e. The standard InChI is InChI=1S/C23H20N6O2/c1-29-20-12-18-17(11-16(20)21(28-29)15-7-9-24-10-8-15)25-22(26-18)23(31)27-19(13-30)14-5-3-2-4-6-14/h2-12,19,28,30H,13H2,1H3,(H,27,31)/t19-/m1/s1. The van der Waals surface area contributed by atoms with Crippen LogP contribution in [0.5, 0.6) is 0 Å². The molecule has 0 spiro atoms. The van der Waals surface area contributed by atoms with Gasteiger partial charge in [-0.05, 0) is 29.8 Å². The lowest BCUT2D eigenvalue weighted by atomic mass is 10.1. The van der Waals surface area contributed by atoms with Gasteiger partial charge in [-0.15, -0.1) is 0 Å². The summed E-state index contributed by atoms with van der Waals surface area (Å²) in [6.07, 6.45) is 3.49. The molecule has 0 aliphatic heterocycles. The highest BCUT2D eigenvalue weighted by molar-refractivity contribution is 6.02. The van der Waals surface area contributed by atoms with Crippen molar-refractivity contribution in [2.24, 2.45) is 7.05 Å². The third-order valence-corrected chi connectivity index (χ3v) is 5.32. The largest absolute Gasteiger partial charge is 0.394 e. The zero-order chi connectivity index (χ0) is 21.4. The number of aliphatic hydroxyl groups excluding tert-OH is 1. The molecule has 3 aromatic heterocycles. The fraction of sp³-hybridized carbons (Fsp3) is 0.130. The predicted molar refractivity (Wildman–Crippen MR) is 117 cm³/mol. The van der Waals surface area contributed by atoms with Crippen LogP contribution < -0.4 is 5.32 Å². The van der Waals surface area contributed by atoms with Crippen molar-refractivity contribution < 1.29 is 9.90 Å². The van der Waals surface area contributed by atoms with E-state index in [2.05, 4.69) is 25.4 Å². The molecule has 154 valence electrons. The summed E-state index contributed by atoms with van der Waals surface area (Å²) in [6, 6.07) is 16.5. The van der Waals surface area contributed by atoms with Crippen molar-refractivity contribution in [3.8, 4) is 11.3 Å². The van der Waals surface area contributed by atoms with Gasteiger partial charge in [0, 0.05) is 30.4 Å². The van der Waals surface area contributed by atoms with Crippen LogP contribution in [0.25, 0.3) is 33.2 Å². The second-order valence-corrected chi connectivity index (χ2v) is 7.31. The third-order valence-electron chi connectivity index (χ3n) is 5.32. The van der Waals surface area contributed by atoms with E-state index in [9.17, 15) is 9.90 Å². The summed E-state index contributed by atoms with van der Waals surface area (Å²) < 4.78 is 1.91. The number of benzene rings is 2. The molecular weight excluding hydrogens is 392 g/mol. The molecule has 0 saturated carbocycles. The first kappa shape index (κ1) is 19.0. The third kappa shape index (κ3) is 3.43. The molecule has 0 saturated heterocycles. The highest BCUT2D eigenvalue weighted by Gasteiger charge is 2.20. The summed E-state index contributed by atoms with van der Waals surface area (Å²) >= 11 is 0. The molecule has 5 rings (SSSR count). The summed E-state index contributed by atoms with van der Waals surface area (Å²) in [7, 11) is 1.93. The lowest BCUT2D eigenvalue weighted by Crippen LogP contribution is -2.31. The average molecular weight is 412 g/mol. The quantitative estimate of drug-likeness (QED) is 0.411. The van der Waals surface area contributed by atoms with Crippen molar-refractivity contribution >= 4 is 27.8 Å². The highest BCUT2D eigenvalue weighted by Crippen LogP contribution is 2.30. The maximum Gasteiger partial charge on any atom is 0.289 e. The van der Waals surface area contributed by atoms with Gasteiger partial charge in [-0.1, -0.05) is 30.3 Å². The van der Waals surface area contributed by atoms with E-state index in [0.29, 0.717) is 11.0 Å². The Morgan fingerprint density at radius 3 is 2.52 bits per heavy atom. The van der Waals surface area contributed by atoms with E-state index >= 15 is 0 Å². The van der Waals surface area contributed by atoms with Crippen molar-refractivity contribution in [1.82, 2.24) is 30.0 Å². The number of fused-ring (bicyclic) bond motifs is 2. The lowest BCUT2D eigenvalue weighted by molar-refractivity contribution is 0.0907. The summed E-state index contributed by atoms with van der Waals surface area (Å²) in [4.78, 5) is 25.7. The second-order valence-electron chi connectivity index (χ2n) is 7.31. The van der Waals surface area contributed by atoms with Gasteiger partial charge < -0.3 is 10.4 Å². The topological polar surface area (TPSA) is 109 Å². The molecule has 8 nitrogen and oxygen atoms in total. The van der Waals surface area contributed by atoms with Gasteiger partial charge in [0.05, 0.1) is 34.9 Å². The molecule has 8 heteroatoms. The fourth-order valence-electron chi connectivity index (χ4n) is 3.75. The van der Waals surface area contributed by atoms with E-state index < -0.39 is 11.9 Å². The SMILES string of the molecule is Cn1[nH]c(-c2ccncc2)c2cc3nc(C(=O)N[C@H](CO)c4ccccc4)nc3cc21. The van der Waals surface area contributed by atoms with Crippen LogP contribution in [0.15, 0.2) is 67.0 Å². The first-order valence-electron chi connectivity index (χ1n) is 9.87. The number of rotatable bonds is 5. The van der Waals surface area contributed by atoms with Crippen LogP contribution in [0.3, 0.4) is 0 Å². The van der Waals surface area contributed by atoms with Crippen LogP contribution in [-0.4, -0.2) is 42.4 Å². The number of hydrogen-bond donors (Lipinski definition) is 3. The molecule has 0 radical (unpaired) electrons. The van der Waals surface area contributed by atoms with Crippen LogP contribution in [-0.2, 0) is 7.05 Å². The van der Waals surface area contributed by atoms with Gasteiger partial charge in [0.15, 0.2) is 0 Å². The Kier molecular flexibility index (Phi) is 4.68. The number of nitrogens with zero attached hydrogens (tertiary/aromatic N) is 4. The molecule has 1 amide bonds. The summed E-state index contributed by atoms with van der Waals surface area (Å²) in [6.45, 7) is -0.217. The van der Waals surface area contributed by atoms with Gasteiger partial charge >= 0.3 is 0 Å². The second kappa shape index (κ2) is 7.66. The van der Waals surface area contributed by atoms with Crippen LogP contribution in [0.1, 0.15) is 22.2 Å². The molecule has 3 heterocycles. The Balaban J connectivity index is 1.51. The minimum atomic E-state index is -0.526. The molecule has 1 atom stereocenters. The Labute approximate surface area is 177 Å². The molecule has 31 heavy (non-hydrogen) atoms. The number of aryl methyl sites for hydroxylation is 1. The van der Waals surface area contributed by atoms with Crippen molar-refractivity contribution in [3.63, 3.8) is 0 Å². The van der Waals surface area contributed by atoms with Gasteiger partial charge in [-0.25, -0.2) is 9.97 Å². The number of aromatic amines is 1. The van der Waals surface area contributed by atoms with Crippen LogP contribution >= 0.6 is 0 Å². The van der Waals surface area contributed by atoms with Gasteiger partial charge in [-0.2, -0.15) is 0 Å². The number of aromatic nitrogens is 5. The number of pyridine rings is 1. The van der Waals surface area contributed by atoms with Crippen molar-refractivity contribution in [2.45, 2.75) is 6.04 Å². The van der Waals surface area contributed by atoms with E-state index in [1.165, 1.54) is 0 Å². The normalized spacial score (nSPS) is 12.3. The number of carbonyl (C=O) groups is 1. The summed E-state index contributed by atoms with van der Waals surface area (Å²) in [5, 5.41) is 16.9. The van der Waals surface area contributed by atoms with Crippen molar-refractivity contribution in [3.05, 3.63) is 78.4 Å². The van der Waals surface area contributed by atoms with Crippen molar-refractivity contribution in [1.29, 1.82) is 0 Å². The van der Waals surface area contributed by atoms with E-state index in [0.717, 1.165) is 27.7 Å². The molecular formula is C23H20N6O2. The molecule has 2 aromatic carbocycles. The summed E-state index contributed by atoms with van der Waals surface area (Å²) in [5.74, 6) is -0.349. The number of H-pyrrole nitrogens is 1. The van der Waals surface area contributed by atoms with E-state index in [4.69, 9.17) is 0 Å². The van der Waals surface area contributed by atoms with E-state index in [1.807, 2.05) is 66.3 Å². The number of nitrogens with one attached hydrogen (secondary N) is 2. The minimum Gasteiger partial charge on any atom is -0.394 e. The zero-order valence-corrected chi connectivity index (χ0v) is 16.8. The number of aliphatic hydroxyl groups is 1. The predicted octanol–water partition coefficient (Wildman–Crippen LogP) is 2.98.